The summed E-state index contributed by atoms with van der Waals surface area (Å²) < 4.78 is 6.18. The van der Waals surface area contributed by atoms with Gasteiger partial charge in [0.1, 0.15) is 11.9 Å². The Hall–Kier alpha value is -2.74. The molecule has 1 atom stereocenters. The molecule has 0 aliphatic rings. The highest BCUT2D eigenvalue weighted by molar-refractivity contribution is 7.11. The van der Waals surface area contributed by atoms with Gasteiger partial charge in [-0.1, -0.05) is 23.7 Å². The summed E-state index contributed by atoms with van der Waals surface area (Å²) in [7, 11) is 1.76. The molecular formula is C22H21ClN2O4S. The lowest BCUT2D eigenvalue weighted by atomic mass is 10.1. The van der Waals surface area contributed by atoms with Crippen LogP contribution in [0.4, 0.5) is 0 Å². The smallest absolute Gasteiger partial charge is 0.317 e. The molecule has 1 aromatic heterocycles. The fraction of sp³-hybridized carbons (Fsp3) is 0.227. The van der Waals surface area contributed by atoms with Gasteiger partial charge in [0.2, 0.25) is 5.78 Å². The van der Waals surface area contributed by atoms with Crippen molar-refractivity contribution in [2.45, 2.75) is 12.5 Å². The van der Waals surface area contributed by atoms with Crippen molar-refractivity contribution in [1.29, 1.82) is 0 Å². The minimum Gasteiger partial charge on any atom is -0.486 e. The number of aliphatic carboxylic acids is 1. The van der Waals surface area contributed by atoms with E-state index >= 15 is 0 Å². The second kappa shape index (κ2) is 10.3. The maximum absolute atomic E-state index is 12.4. The number of nitrogens with zero attached hydrogens (tertiary/aromatic N) is 2. The first-order valence-corrected chi connectivity index (χ1v) is 10.5. The zero-order chi connectivity index (χ0) is 21.5. The van der Waals surface area contributed by atoms with E-state index in [9.17, 15) is 9.59 Å². The number of hydrogen-bond donors (Lipinski definition) is 1. The van der Waals surface area contributed by atoms with Crippen molar-refractivity contribution in [2.75, 3.05) is 20.1 Å². The van der Waals surface area contributed by atoms with Crippen molar-refractivity contribution in [3.8, 4) is 5.75 Å². The zero-order valence-electron chi connectivity index (χ0n) is 16.3. The van der Waals surface area contributed by atoms with Gasteiger partial charge < -0.3 is 9.84 Å². The molecule has 0 bridgehead atoms. The first-order chi connectivity index (χ1) is 14.4. The third-order valence-corrected chi connectivity index (χ3v) is 5.47. The molecule has 6 nitrogen and oxygen atoms in total. The molecule has 0 saturated carbocycles. The highest BCUT2D eigenvalue weighted by Gasteiger charge is 2.17. The molecule has 0 aliphatic heterocycles. The van der Waals surface area contributed by atoms with Crippen LogP contribution in [0.5, 0.6) is 5.75 Å². The number of carbonyl (C=O) groups is 2. The van der Waals surface area contributed by atoms with Gasteiger partial charge in [-0.05, 0) is 49.0 Å². The number of ketones is 1. The van der Waals surface area contributed by atoms with Gasteiger partial charge in [-0.15, -0.1) is 11.3 Å². The van der Waals surface area contributed by atoms with Gasteiger partial charge >= 0.3 is 5.97 Å². The summed E-state index contributed by atoms with van der Waals surface area (Å²) in [6, 6.07) is 14.3. The molecule has 30 heavy (non-hydrogen) atoms. The lowest BCUT2D eigenvalue weighted by Gasteiger charge is -2.22. The number of carbonyl (C=O) groups excluding carboxylic acids is 1. The number of benzene rings is 2. The number of ether oxygens (including phenoxy) is 1. The molecule has 156 valence electrons. The van der Waals surface area contributed by atoms with E-state index in [0.717, 1.165) is 5.56 Å². The van der Waals surface area contributed by atoms with Crippen molar-refractivity contribution in [3.63, 3.8) is 0 Å². The predicted molar refractivity (Wildman–Crippen MR) is 117 cm³/mol. The van der Waals surface area contributed by atoms with Crippen LogP contribution in [0.1, 0.15) is 33.5 Å². The molecular weight excluding hydrogens is 424 g/mol. The van der Waals surface area contributed by atoms with Crippen LogP contribution in [0.15, 0.2) is 60.1 Å². The SMILES string of the molecule is CN(CC[C@@H](Oc1ccc(C(=O)c2nccs2)cc1)c1ccc(Cl)cc1)CC(=O)O. The number of likely N-dealkylation sites (N-methyl/N-ethyl adjacent to an activating group) is 1. The fourth-order valence-electron chi connectivity index (χ4n) is 2.93. The molecule has 3 aromatic rings. The zero-order valence-corrected chi connectivity index (χ0v) is 17.9. The average molecular weight is 445 g/mol. The van der Waals surface area contributed by atoms with E-state index in [-0.39, 0.29) is 18.4 Å². The minimum absolute atomic E-state index is 0.0408. The summed E-state index contributed by atoms with van der Waals surface area (Å²) in [6.45, 7) is 0.501. The van der Waals surface area contributed by atoms with E-state index in [1.807, 2.05) is 12.1 Å². The summed E-state index contributed by atoms with van der Waals surface area (Å²) in [5.41, 5.74) is 1.48. The van der Waals surface area contributed by atoms with Crippen LogP contribution >= 0.6 is 22.9 Å². The Morgan fingerprint density at radius 1 is 1.17 bits per heavy atom. The monoisotopic (exact) mass is 444 g/mol. The van der Waals surface area contributed by atoms with Crippen molar-refractivity contribution in [3.05, 3.63) is 81.3 Å². The van der Waals surface area contributed by atoms with E-state index in [0.29, 0.717) is 34.3 Å². The Morgan fingerprint density at radius 2 is 1.87 bits per heavy atom. The number of carboxylic acids is 1. The third kappa shape index (κ3) is 6.13. The van der Waals surface area contributed by atoms with Gasteiger partial charge in [-0.25, -0.2) is 4.98 Å². The highest BCUT2D eigenvalue weighted by atomic mass is 35.5. The summed E-state index contributed by atoms with van der Waals surface area (Å²) in [5.74, 6) is -0.380. The van der Waals surface area contributed by atoms with Crippen LogP contribution in [0.2, 0.25) is 5.02 Å². The Balaban J connectivity index is 1.72. The molecule has 0 amide bonds. The number of thiazole rings is 1. The maximum Gasteiger partial charge on any atom is 0.317 e. The maximum atomic E-state index is 12.4. The summed E-state index contributed by atoms with van der Waals surface area (Å²) in [6.07, 6.45) is 1.90. The van der Waals surface area contributed by atoms with Crippen LogP contribution in [0.3, 0.4) is 0 Å². The Kier molecular flexibility index (Phi) is 7.57. The number of aromatic nitrogens is 1. The number of halogens is 1. The Morgan fingerprint density at radius 3 is 2.47 bits per heavy atom. The molecule has 0 unspecified atom stereocenters. The van der Waals surface area contributed by atoms with Gasteiger partial charge in [-0.2, -0.15) is 0 Å². The first kappa shape index (κ1) is 22.0. The molecule has 0 saturated heterocycles. The fourth-order valence-corrected chi connectivity index (χ4v) is 3.65. The van der Waals surface area contributed by atoms with Crippen LogP contribution in [0, 0.1) is 0 Å². The van der Waals surface area contributed by atoms with Crippen LogP contribution < -0.4 is 4.74 Å². The largest absolute Gasteiger partial charge is 0.486 e. The molecule has 3 rings (SSSR count). The standard InChI is InChI=1S/C22H21ClN2O4S/c1-25(14-20(26)27)12-10-19(15-2-6-17(23)7-3-15)29-18-8-4-16(5-9-18)21(28)22-24-11-13-30-22/h2-9,11,13,19H,10,12,14H2,1H3,(H,26,27)/t19-/m1/s1. The van der Waals surface area contributed by atoms with Crippen molar-refractivity contribution >= 4 is 34.7 Å². The molecule has 2 aromatic carbocycles. The topological polar surface area (TPSA) is 79.7 Å². The van der Waals surface area contributed by atoms with Crippen molar-refractivity contribution < 1.29 is 19.4 Å². The Bertz CT molecular complexity index is 975. The van der Waals surface area contributed by atoms with Gasteiger partial charge in [0, 0.05) is 35.1 Å². The third-order valence-electron chi connectivity index (χ3n) is 4.44. The Labute approximate surface area is 183 Å². The lowest BCUT2D eigenvalue weighted by Crippen LogP contribution is -2.28. The van der Waals surface area contributed by atoms with Crippen LogP contribution in [-0.4, -0.2) is 46.9 Å². The number of carboxylic acid groups (broad SMARTS) is 1. The van der Waals surface area contributed by atoms with E-state index in [4.69, 9.17) is 21.4 Å². The molecule has 0 aliphatic carbocycles. The molecule has 0 radical (unpaired) electrons. The lowest BCUT2D eigenvalue weighted by molar-refractivity contribution is -0.138. The van der Waals surface area contributed by atoms with E-state index < -0.39 is 5.97 Å². The predicted octanol–water partition coefficient (Wildman–Crippen LogP) is 4.55. The van der Waals surface area contributed by atoms with Crippen molar-refractivity contribution in [1.82, 2.24) is 9.88 Å². The number of hydrogen-bond acceptors (Lipinski definition) is 6. The highest BCUT2D eigenvalue weighted by Crippen LogP contribution is 2.27. The second-order valence-electron chi connectivity index (χ2n) is 6.77. The van der Waals surface area contributed by atoms with E-state index in [2.05, 4.69) is 4.98 Å². The molecule has 1 heterocycles. The molecule has 0 fully saturated rings. The molecule has 1 N–H and O–H groups in total. The molecule has 0 spiro atoms. The molecule has 8 heteroatoms. The van der Waals surface area contributed by atoms with E-state index in [1.54, 1.807) is 59.9 Å². The van der Waals surface area contributed by atoms with Crippen LogP contribution in [-0.2, 0) is 4.79 Å². The second-order valence-corrected chi connectivity index (χ2v) is 8.10. The summed E-state index contributed by atoms with van der Waals surface area (Å²) in [4.78, 5) is 29.1. The van der Waals surface area contributed by atoms with Crippen molar-refractivity contribution in [2.24, 2.45) is 0 Å². The normalized spacial score (nSPS) is 12.0. The van der Waals surface area contributed by atoms with Crippen LogP contribution in [0.25, 0.3) is 0 Å². The van der Waals surface area contributed by atoms with Gasteiger partial charge in [0.15, 0.2) is 5.01 Å². The average Bonchev–Trinajstić information content (AvgIpc) is 3.26. The number of rotatable bonds is 10. The minimum atomic E-state index is -0.873. The van der Waals surface area contributed by atoms with Gasteiger partial charge in [-0.3, -0.25) is 14.5 Å². The first-order valence-electron chi connectivity index (χ1n) is 9.29. The summed E-state index contributed by atoms with van der Waals surface area (Å²) in [5, 5.41) is 11.8. The van der Waals surface area contributed by atoms with E-state index in [1.165, 1.54) is 11.3 Å². The van der Waals surface area contributed by atoms with Gasteiger partial charge in [0.05, 0.1) is 6.54 Å². The van der Waals surface area contributed by atoms with Gasteiger partial charge in [0.25, 0.3) is 0 Å². The quantitative estimate of drug-likeness (QED) is 0.462. The summed E-state index contributed by atoms with van der Waals surface area (Å²) >= 11 is 7.30.